The number of likely N-dealkylation sites (tertiary alicyclic amines) is 1. The molecule has 138 valence electrons. The van der Waals surface area contributed by atoms with Crippen molar-refractivity contribution in [2.75, 3.05) is 27.0 Å². The molecular weight excluding hydrogens is 346 g/mol. The minimum Gasteiger partial charge on any atom is -0.497 e. The first-order valence-electron chi connectivity index (χ1n) is 8.78. The lowest BCUT2D eigenvalue weighted by atomic mass is 10.0. The summed E-state index contributed by atoms with van der Waals surface area (Å²) in [6.07, 6.45) is 4.02. The molecule has 1 saturated heterocycles. The van der Waals surface area contributed by atoms with E-state index >= 15 is 0 Å². The van der Waals surface area contributed by atoms with Crippen LogP contribution in [0.15, 0.2) is 42.5 Å². The van der Waals surface area contributed by atoms with Gasteiger partial charge in [-0.25, -0.2) is 0 Å². The second kappa shape index (κ2) is 8.49. The highest BCUT2D eigenvalue weighted by molar-refractivity contribution is 7.97. The summed E-state index contributed by atoms with van der Waals surface area (Å²) >= 11 is 1.78. The molecule has 1 heterocycles. The molecule has 1 atom stereocenters. The number of hydrogen-bond donors (Lipinski definition) is 0. The largest absolute Gasteiger partial charge is 0.497 e. The summed E-state index contributed by atoms with van der Waals surface area (Å²) in [6.45, 7) is 0.769. The Balaban J connectivity index is 1.84. The van der Waals surface area contributed by atoms with E-state index in [1.807, 2.05) is 47.4 Å². The third kappa shape index (κ3) is 3.83. The maximum Gasteiger partial charge on any atom is 0.254 e. The van der Waals surface area contributed by atoms with E-state index in [0.29, 0.717) is 0 Å². The van der Waals surface area contributed by atoms with Crippen molar-refractivity contribution in [1.82, 2.24) is 4.90 Å². The van der Waals surface area contributed by atoms with E-state index < -0.39 is 0 Å². The molecule has 5 heteroatoms. The topological polar surface area (TPSA) is 38.8 Å². The number of carbonyl (C=O) groups excluding carboxylic acids is 1. The normalized spacial score (nSPS) is 16.6. The van der Waals surface area contributed by atoms with Gasteiger partial charge in [0, 0.05) is 29.5 Å². The summed E-state index contributed by atoms with van der Waals surface area (Å²) in [6, 6.07) is 13.8. The molecule has 1 aliphatic rings. The van der Waals surface area contributed by atoms with Crippen LogP contribution in [0.25, 0.3) is 0 Å². The highest BCUT2D eigenvalue weighted by Gasteiger charge is 2.32. The van der Waals surface area contributed by atoms with Crippen LogP contribution in [0.1, 0.15) is 40.4 Å². The Hall–Kier alpha value is -2.14. The summed E-state index contributed by atoms with van der Waals surface area (Å²) in [7, 11) is 3.30. The second-order valence-electron chi connectivity index (χ2n) is 6.39. The maximum absolute atomic E-state index is 13.1. The van der Waals surface area contributed by atoms with Crippen LogP contribution < -0.4 is 9.47 Å². The van der Waals surface area contributed by atoms with Crippen molar-refractivity contribution in [1.29, 1.82) is 0 Å². The lowest BCUT2D eigenvalue weighted by molar-refractivity contribution is 0.0734. The summed E-state index contributed by atoms with van der Waals surface area (Å²) in [5.41, 5.74) is 3.02. The number of hydrogen-bond acceptors (Lipinski definition) is 4. The first kappa shape index (κ1) is 18.6. The molecule has 0 bridgehead atoms. The van der Waals surface area contributed by atoms with Crippen molar-refractivity contribution < 1.29 is 14.3 Å². The van der Waals surface area contributed by atoms with Gasteiger partial charge in [-0.3, -0.25) is 4.79 Å². The molecule has 1 fully saturated rings. The highest BCUT2D eigenvalue weighted by Crippen LogP contribution is 2.39. The van der Waals surface area contributed by atoms with Crippen molar-refractivity contribution in [3.8, 4) is 11.5 Å². The van der Waals surface area contributed by atoms with Crippen LogP contribution in [0.3, 0.4) is 0 Å². The van der Waals surface area contributed by atoms with E-state index in [1.165, 1.54) is 5.56 Å². The monoisotopic (exact) mass is 371 g/mol. The van der Waals surface area contributed by atoms with E-state index in [0.717, 1.165) is 47.8 Å². The van der Waals surface area contributed by atoms with Crippen molar-refractivity contribution in [3.05, 3.63) is 59.2 Å². The van der Waals surface area contributed by atoms with Crippen molar-refractivity contribution in [2.45, 2.75) is 24.6 Å². The molecular formula is C21H25NO3S. The van der Waals surface area contributed by atoms with Gasteiger partial charge >= 0.3 is 0 Å². The zero-order chi connectivity index (χ0) is 18.5. The zero-order valence-corrected chi connectivity index (χ0v) is 16.3. The van der Waals surface area contributed by atoms with Crippen LogP contribution in [-0.4, -0.2) is 37.8 Å². The van der Waals surface area contributed by atoms with E-state index in [1.54, 1.807) is 26.0 Å². The van der Waals surface area contributed by atoms with Gasteiger partial charge in [-0.15, -0.1) is 0 Å². The van der Waals surface area contributed by atoms with Gasteiger partial charge in [0.25, 0.3) is 5.91 Å². The number of ether oxygens (including phenoxy) is 2. The number of methoxy groups -OCH3 is 2. The van der Waals surface area contributed by atoms with Crippen LogP contribution in [-0.2, 0) is 5.75 Å². The minimum atomic E-state index is 0.0363. The van der Waals surface area contributed by atoms with Gasteiger partial charge in [-0.05, 0) is 48.9 Å². The Labute approximate surface area is 159 Å². The number of thioether (sulfide) groups is 1. The second-order valence-corrected chi connectivity index (χ2v) is 7.26. The molecule has 26 heavy (non-hydrogen) atoms. The Bertz CT molecular complexity index is 760. The van der Waals surface area contributed by atoms with Gasteiger partial charge in [0.2, 0.25) is 0 Å². The van der Waals surface area contributed by atoms with Crippen molar-refractivity contribution >= 4 is 17.7 Å². The van der Waals surface area contributed by atoms with Gasteiger partial charge in [0.15, 0.2) is 0 Å². The quantitative estimate of drug-likeness (QED) is 0.747. The van der Waals surface area contributed by atoms with E-state index in [9.17, 15) is 4.79 Å². The fourth-order valence-corrected chi connectivity index (χ4v) is 4.03. The molecule has 1 aliphatic heterocycles. The molecule has 0 N–H and O–H groups in total. The molecule has 0 aliphatic carbocycles. The highest BCUT2D eigenvalue weighted by atomic mass is 32.2. The molecule has 3 rings (SSSR count). The lowest BCUT2D eigenvalue weighted by Crippen LogP contribution is -2.30. The average molecular weight is 372 g/mol. The summed E-state index contributed by atoms with van der Waals surface area (Å²) in [5, 5.41) is 0. The molecule has 1 unspecified atom stereocenters. The molecule has 2 aromatic carbocycles. The van der Waals surface area contributed by atoms with Gasteiger partial charge < -0.3 is 14.4 Å². The molecule has 0 aromatic heterocycles. The Morgan fingerprint density at radius 2 is 1.92 bits per heavy atom. The van der Waals surface area contributed by atoms with Gasteiger partial charge in [-0.2, -0.15) is 11.8 Å². The van der Waals surface area contributed by atoms with Crippen molar-refractivity contribution in [2.24, 2.45) is 0 Å². The number of nitrogens with zero attached hydrogens (tertiary/aromatic N) is 1. The predicted molar refractivity (Wildman–Crippen MR) is 106 cm³/mol. The number of benzene rings is 2. The minimum absolute atomic E-state index is 0.0363. The zero-order valence-electron chi connectivity index (χ0n) is 15.5. The first-order chi connectivity index (χ1) is 12.7. The summed E-state index contributed by atoms with van der Waals surface area (Å²) < 4.78 is 10.8. The Morgan fingerprint density at radius 3 is 2.58 bits per heavy atom. The number of carbonyl (C=O) groups is 1. The first-order valence-corrected chi connectivity index (χ1v) is 10.2. The SMILES string of the molecule is COc1ccc(C2CCCN2C(=O)c2ccc(CSC)cc2)c(OC)c1. The molecule has 2 aromatic rings. The Morgan fingerprint density at radius 1 is 1.15 bits per heavy atom. The molecule has 1 amide bonds. The van der Waals surface area contributed by atoms with Crippen LogP contribution in [0, 0.1) is 0 Å². The van der Waals surface area contributed by atoms with Crippen LogP contribution in [0.5, 0.6) is 11.5 Å². The number of amides is 1. The molecule has 4 nitrogen and oxygen atoms in total. The Kier molecular flexibility index (Phi) is 6.09. The van der Waals surface area contributed by atoms with E-state index in [2.05, 4.69) is 6.26 Å². The smallest absolute Gasteiger partial charge is 0.254 e. The summed E-state index contributed by atoms with van der Waals surface area (Å²) in [5.74, 6) is 2.57. The van der Waals surface area contributed by atoms with Crippen LogP contribution >= 0.6 is 11.8 Å². The fourth-order valence-electron chi connectivity index (χ4n) is 3.50. The molecule has 0 spiro atoms. The third-order valence-corrected chi connectivity index (χ3v) is 5.45. The van der Waals surface area contributed by atoms with Gasteiger partial charge in [0.1, 0.15) is 11.5 Å². The van der Waals surface area contributed by atoms with Gasteiger partial charge in [0.05, 0.1) is 20.3 Å². The van der Waals surface area contributed by atoms with Crippen molar-refractivity contribution in [3.63, 3.8) is 0 Å². The third-order valence-electron chi connectivity index (χ3n) is 4.83. The van der Waals surface area contributed by atoms with Crippen LogP contribution in [0.2, 0.25) is 0 Å². The molecule has 0 radical (unpaired) electrons. The van der Waals surface area contributed by atoms with E-state index in [-0.39, 0.29) is 11.9 Å². The summed E-state index contributed by atoms with van der Waals surface area (Å²) in [4.78, 5) is 15.0. The van der Waals surface area contributed by atoms with Gasteiger partial charge in [-0.1, -0.05) is 12.1 Å². The number of rotatable bonds is 6. The molecule has 0 saturated carbocycles. The predicted octanol–water partition coefficient (Wildman–Crippen LogP) is 4.54. The lowest BCUT2D eigenvalue weighted by Gasteiger charge is -2.26. The maximum atomic E-state index is 13.1. The van der Waals surface area contributed by atoms with E-state index in [4.69, 9.17) is 9.47 Å². The standard InChI is InChI=1S/C21H25NO3S/c1-24-17-10-11-18(20(13-17)25-2)19-5-4-12-22(19)21(23)16-8-6-15(7-9-16)14-26-3/h6-11,13,19H,4-5,12,14H2,1-3H3. The fraction of sp³-hybridized carbons (Fsp3) is 0.381. The average Bonchev–Trinajstić information content (AvgIpc) is 3.17. The van der Waals surface area contributed by atoms with Crippen LogP contribution in [0.4, 0.5) is 0 Å².